The van der Waals surface area contributed by atoms with Gasteiger partial charge in [0.2, 0.25) is 0 Å². The maximum atomic E-state index is 5.86. The van der Waals surface area contributed by atoms with Crippen molar-refractivity contribution < 1.29 is 4.74 Å². The molecule has 0 aliphatic carbocycles. The van der Waals surface area contributed by atoms with Gasteiger partial charge < -0.3 is 10.1 Å². The molecule has 2 nitrogen and oxygen atoms in total. The van der Waals surface area contributed by atoms with E-state index in [0.717, 1.165) is 36.3 Å². The number of hydrogen-bond acceptors (Lipinski definition) is 2. The molecule has 1 aromatic carbocycles. The Bertz CT molecular complexity index is 381. The molecule has 1 aromatic rings. The van der Waals surface area contributed by atoms with Crippen molar-refractivity contribution in [3.05, 3.63) is 28.2 Å². The SMILES string of the molecule is CCCCCCCCOc1ccc(CNCCC)cc1Br. The topological polar surface area (TPSA) is 21.3 Å². The van der Waals surface area contributed by atoms with Gasteiger partial charge in [-0.3, -0.25) is 0 Å². The molecule has 0 spiro atoms. The van der Waals surface area contributed by atoms with Gasteiger partial charge >= 0.3 is 0 Å². The van der Waals surface area contributed by atoms with Crippen LogP contribution in [0.15, 0.2) is 22.7 Å². The van der Waals surface area contributed by atoms with Crippen LogP contribution >= 0.6 is 15.9 Å². The molecule has 0 fully saturated rings. The number of ether oxygens (including phenoxy) is 1. The molecule has 0 amide bonds. The first-order valence-corrected chi connectivity index (χ1v) is 9.19. The molecule has 3 heteroatoms. The molecule has 0 unspecified atom stereocenters. The molecule has 0 saturated carbocycles. The van der Waals surface area contributed by atoms with Crippen LogP contribution in [-0.4, -0.2) is 13.2 Å². The van der Waals surface area contributed by atoms with Crippen molar-refractivity contribution in [3.8, 4) is 5.75 Å². The van der Waals surface area contributed by atoms with Crippen molar-refractivity contribution in [2.45, 2.75) is 65.3 Å². The summed E-state index contributed by atoms with van der Waals surface area (Å²) in [5.41, 5.74) is 1.29. The molecule has 0 aliphatic rings. The predicted octanol–water partition coefficient (Wildman–Crippen LogP) is 5.69. The van der Waals surface area contributed by atoms with Gasteiger partial charge in [0.05, 0.1) is 11.1 Å². The van der Waals surface area contributed by atoms with E-state index in [-0.39, 0.29) is 0 Å². The Balaban J connectivity index is 2.22. The van der Waals surface area contributed by atoms with Crippen LogP contribution < -0.4 is 10.1 Å². The van der Waals surface area contributed by atoms with E-state index in [2.05, 4.69) is 53.3 Å². The Morgan fingerprint density at radius 1 is 1.00 bits per heavy atom. The van der Waals surface area contributed by atoms with Gasteiger partial charge in [-0.2, -0.15) is 0 Å². The average molecular weight is 356 g/mol. The Labute approximate surface area is 138 Å². The summed E-state index contributed by atoms with van der Waals surface area (Å²) < 4.78 is 6.92. The molecule has 0 heterocycles. The maximum Gasteiger partial charge on any atom is 0.133 e. The van der Waals surface area contributed by atoms with Crippen LogP contribution in [0.5, 0.6) is 5.75 Å². The summed E-state index contributed by atoms with van der Waals surface area (Å²) in [6.45, 7) is 7.24. The fraction of sp³-hybridized carbons (Fsp3) is 0.667. The second-order valence-corrected chi connectivity index (χ2v) is 6.41. The van der Waals surface area contributed by atoms with E-state index in [1.54, 1.807) is 0 Å². The highest BCUT2D eigenvalue weighted by molar-refractivity contribution is 9.10. The molecule has 1 N–H and O–H groups in total. The van der Waals surface area contributed by atoms with Crippen LogP contribution in [0.3, 0.4) is 0 Å². The van der Waals surface area contributed by atoms with E-state index in [0.29, 0.717) is 0 Å². The first-order valence-electron chi connectivity index (χ1n) is 8.39. The predicted molar refractivity (Wildman–Crippen MR) is 95.0 cm³/mol. The molecule has 0 bridgehead atoms. The third-order valence-electron chi connectivity index (χ3n) is 3.51. The maximum absolute atomic E-state index is 5.86. The summed E-state index contributed by atoms with van der Waals surface area (Å²) in [6.07, 6.45) is 8.95. The minimum Gasteiger partial charge on any atom is -0.492 e. The van der Waals surface area contributed by atoms with Gasteiger partial charge in [-0.1, -0.05) is 52.0 Å². The third-order valence-corrected chi connectivity index (χ3v) is 4.13. The van der Waals surface area contributed by atoms with Crippen molar-refractivity contribution in [3.63, 3.8) is 0 Å². The molecular formula is C18H30BrNO. The van der Waals surface area contributed by atoms with Gasteiger partial charge in [0.15, 0.2) is 0 Å². The second kappa shape index (κ2) is 12.0. The Morgan fingerprint density at radius 3 is 2.48 bits per heavy atom. The van der Waals surface area contributed by atoms with Crippen LogP contribution in [0, 0.1) is 0 Å². The zero-order chi connectivity index (χ0) is 15.3. The lowest BCUT2D eigenvalue weighted by molar-refractivity contribution is 0.302. The average Bonchev–Trinajstić information content (AvgIpc) is 2.48. The zero-order valence-corrected chi connectivity index (χ0v) is 15.2. The number of benzene rings is 1. The summed E-state index contributed by atoms with van der Waals surface area (Å²) in [5.74, 6) is 0.961. The highest BCUT2D eigenvalue weighted by Crippen LogP contribution is 2.26. The molecular weight excluding hydrogens is 326 g/mol. The molecule has 120 valence electrons. The zero-order valence-electron chi connectivity index (χ0n) is 13.6. The minimum atomic E-state index is 0.818. The molecule has 0 atom stereocenters. The Hall–Kier alpha value is -0.540. The lowest BCUT2D eigenvalue weighted by atomic mass is 10.1. The summed E-state index contributed by atoms with van der Waals surface area (Å²) in [5, 5.41) is 3.41. The van der Waals surface area contributed by atoms with Gasteiger partial charge in [0.25, 0.3) is 0 Å². The van der Waals surface area contributed by atoms with Gasteiger partial charge in [0, 0.05) is 6.54 Å². The molecule has 0 saturated heterocycles. The number of nitrogens with one attached hydrogen (secondary N) is 1. The number of rotatable bonds is 12. The summed E-state index contributed by atoms with van der Waals surface area (Å²) in [7, 11) is 0. The van der Waals surface area contributed by atoms with Crippen molar-refractivity contribution >= 4 is 15.9 Å². The van der Waals surface area contributed by atoms with Gasteiger partial charge in [-0.15, -0.1) is 0 Å². The van der Waals surface area contributed by atoms with E-state index in [1.165, 1.54) is 44.1 Å². The van der Waals surface area contributed by atoms with Crippen molar-refractivity contribution in [2.24, 2.45) is 0 Å². The molecule has 0 aliphatic heterocycles. The number of halogens is 1. The van der Waals surface area contributed by atoms with Crippen molar-refractivity contribution in [1.82, 2.24) is 5.32 Å². The van der Waals surface area contributed by atoms with Crippen molar-refractivity contribution in [2.75, 3.05) is 13.2 Å². The highest BCUT2D eigenvalue weighted by Gasteiger charge is 2.02. The molecule has 21 heavy (non-hydrogen) atoms. The highest BCUT2D eigenvalue weighted by atomic mass is 79.9. The van der Waals surface area contributed by atoms with Crippen LogP contribution in [0.2, 0.25) is 0 Å². The van der Waals surface area contributed by atoms with E-state index < -0.39 is 0 Å². The summed E-state index contributed by atoms with van der Waals surface area (Å²) in [6, 6.07) is 6.37. The fourth-order valence-electron chi connectivity index (χ4n) is 2.25. The Kier molecular flexibility index (Phi) is 10.6. The van der Waals surface area contributed by atoms with Crippen LogP contribution in [0.4, 0.5) is 0 Å². The lowest BCUT2D eigenvalue weighted by Gasteiger charge is -2.10. The quantitative estimate of drug-likeness (QED) is 0.486. The molecule has 0 aromatic heterocycles. The smallest absolute Gasteiger partial charge is 0.133 e. The normalized spacial score (nSPS) is 10.8. The second-order valence-electron chi connectivity index (χ2n) is 5.56. The van der Waals surface area contributed by atoms with E-state index in [4.69, 9.17) is 4.74 Å². The van der Waals surface area contributed by atoms with Crippen molar-refractivity contribution in [1.29, 1.82) is 0 Å². The third kappa shape index (κ3) is 8.47. The number of unbranched alkanes of at least 4 members (excludes halogenated alkanes) is 5. The van der Waals surface area contributed by atoms with E-state index in [9.17, 15) is 0 Å². The van der Waals surface area contributed by atoms with E-state index in [1.807, 2.05) is 0 Å². The first-order chi connectivity index (χ1) is 10.3. The lowest BCUT2D eigenvalue weighted by Crippen LogP contribution is -2.13. The largest absolute Gasteiger partial charge is 0.492 e. The first kappa shape index (κ1) is 18.5. The molecule has 1 rings (SSSR count). The Morgan fingerprint density at radius 2 is 1.76 bits per heavy atom. The summed E-state index contributed by atoms with van der Waals surface area (Å²) in [4.78, 5) is 0. The minimum absolute atomic E-state index is 0.818. The van der Waals surface area contributed by atoms with Gasteiger partial charge in [0.1, 0.15) is 5.75 Å². The fourth-order valence-corrected chi connectivity index (χ4v) is 2.79. The van der Waals surface area contributed by atoms with Gasteiger partial charge in [-0.25, -0.2) is 0 Å². The monoisotopic (exact) mass is 355 g/mol. The summed E-state index contributed by atoms with van der Waals surface area (Å²) >= 11 is 3.61. The standard InChI is InChI=1S/C18H30BrNO/c1-3-5-6-7-8-9-13-21-18-11-10-16(14-17(18)19)15-20-12-4-2/h10-11,14,20H,3-9,12-13,15H2,1-2H3. The van der Waals surface area contributed by atoms with E-state index >= 15 is 0 Å². The number of hydrogen-bond donors (Lipinski definition) is 1. The van der Waals surface area contributed by atoms with Crippen LogP contribution in [0.25, 0.3) is 0 Å². The van der Waals surface area contributed by atoms with Gasteiger partial charge in [-0.05, 0) is 53.0 Å². The molecule has 0 radical (unpaired) electrons. The van der Waals surface area contributed by atoms with Crippen LogP contribution in [-0.2, 0) is 6.54 Å². The van der Waals surface area contributed by atoms with Crippen LogP contribution in [0.1, 0.15) is 64.4 Å².